The Morgan fingerprint density at radius 1 is 0.650 bits per heavy atom. The molecule has 0 aliphatic carbocycles. The second kappa shape index (κ2) is 15.4. The molecule has 20 heavy (non-hydrogen) atoms. The van der Waals surface area contributed by atoms with E-state index in [0.29, 0.717) is 10.8 Å². The summed E-state index contributed by atoms with van der Waals surface area (Å²) in [6.07, 6.45) is 2.59. The van der Waals surface area contributed by atoms with Gasteiger partial charge in [0.1, 0.15) is 0 Å². The van der Waals surface area contributed by atoms with Gasteiger partial charge in [0.2, 0.25) is 0 Å². The molecular formula is C20H48. The van der Waals surface area contributed by atoms with Gasteiger partial charge in [-0.15, -0.1) is 0 Å². The van der Waals surface area contributed by atoms with Gasteiger partial charge in [-0.2, -0.15) is 0 Å². The fraction of sp³-hybridized carbons (Fsp3) is 1.00. The molecule has 0 nitrogen and oxygen atoms in total. The molecule has 0 rings (SSSR count). The Balaban J connectivity index is -0.0000000933. The summed E-state index contributed by atoms with van der Waals surface area (Å²) in [7, 11) is 0. The zero-order valence-electron chi connectivity index (χ0n) is 17.6. The summed E-state index contributed by atoms with van der Waals surface area (Å²) in [6, 6.07) is 0. The van der Waals surface area contributed by atoms with Crippen molar-refractivity contribution < 1.29 is 0 Å². The molecule has 0 fully saturated rings. The lowest BCUT2D eigenvalue weighted by atomic mass is 9.84. The average molecular weight is 289 g/mol. The lowest BCUT2D eigenvalue weighted by Gasteiger charge is -2.22. The van der Waals surface area contributed by atoms with Crippen LogP contribution in [0.1, 0.15) is 110 Å². The summed E-state index contributed by atoms with van der Waals surface area (Å²) in [4.78, 5) is 0. The van der Waals surface area contributed by atoms with Gasteiger partial charge in [-0.25, -0.2) is 0 Å². The zero-order valence-corrected chi connectivity index (χ0v) is 17.6. The van der Waals surface area contributed by atoms with Crippen molar-refractivity contribution in [3.05, 3.63) is 0 Å². The molecule has 0 aromatic carbocycles. The summed E-state index contributed by atoms with van der Waals surface area (Å²) >= 11 is 0. The van der Waals surface area contributed by atoms with Crippen LogP contribution in [0, 0.1) is 22.7 Å². The first-order valence-electron chi connectivity index (χ1n) is 8.80. The van der Waals surface area contributed by atoms with Crippen LogP contribution in [0.3, 0.4) is 0 Å². The van der Waals surface area contributed by atoms with Crippen molar-refractivity contribution in [1.82, 2.24) is 0 Å². The van der Waals surface area contributed by atoms with Gasteiger partial charge < -0.3 is 0 Å². The van der Waals surface area contributed by atoms with Gasteiger partial charge in [-0.3, -0.25) is 0 Å². The standard InChI is InChI=1S/2C7H16.C4H10.C2H6/c1-6(2)7(3,4)5;1-5-7(3,4)6-2;1-4(2)3;1-2/h6H,1-5H3;5-6H2,1-4H3;4H,1-3H3;1-2H3. The van der Waals surface area contributed by atoms with Crippen LogP contribution in [-0.4, -0.2) is 0 Å². The Morgan fingerprint density at radius 3 is 0.800 bits per heavy atom. The maximum absolute atomic E-state index is 2.30. The van der Waals surface area contributed by atoms with Crippen LogP contribution >= 0.6 is 0 Å². The third kappa shape index (κ3) is 36.1. The molecule has 0 atom stereocenters. The lowest BCUT2D eigenvalue weighted by Crippen LogP contribution is -2.12. The van der Waals surface area contributed by atoms with Crippen LogP contribution in [0.4, 0.5) is 0 Å². The first kappa shape index (κ1) is 28.2. The predicted molar refractivity (Wildman–Crippen MR) is 101 cm³/mol. The monoisotopic (exact) mass is 288 g/mol. The normalized spacial score (nSPS) is 10.8. The van der Waals surface area contributed by atoms with Gasteiger partial charge in [0, 0.05) is 0 Å². The highest BCUT2D eigenvalue weighted by Crippen LogP contribution is 2.23. The molecule has 128 valence electrons. The van der Waals surface area contributed by atoms with E-state index in [1.165, 1.54) is 12.8 Å². The Bertz CT molecular complexity index is 143. The number of rotatable bonds is 2. The molecule has 0 heteroatoms. The summed E-state index contributed by atoms with van der Waals surface area (Å²) in [5.41, 5.74) is 1.08. The van der Waals surface area contributed by atoms with Crippen LogP contribution < -0.4 is 0 Å². The van der Waals surface area contributed by atoms with E-state index in [-0.39, 0.29) is 0 Å². The Hall–Kier alpha value is 0. The van der Waals surface area contributed by atoms with Crippen LogP contribution in [0.25, 0.3) is 0 Å². The smallest absolute Gasteiger partial charge is 0.0359 e. The zero-order chi connectivity index (χ0) is 17.6. The Kier molecular flexibility index (Phi) is 21.7. The van der Waals surface area contributed by atoms with Crippen LogP contribution in [0.5, 0.6) is 0 Å². The molecule has 0 bridgehead atoms. The van der Waals surface area contributed by atoms with E-state index in [1.54, 1.807) is 0 Å². The lowest BCUT2D eigenvalue weighted by molar-refractivity contribution is 0.283. The van der Waals surface area contributed by atoms with Crippen molar-refractivity contribution in [3.63, 3.8) is 0 Å². The molecule has 0 unspecified atom stereocenters. The SMILES string of the molecule is CC.CC(C)C.CC(C)C(C)(C)C.CCC(C)(C)CC. The highest BCUT2D eigenvalue weighted by Gasteiger charge is 2.13. The van der Waals surface area contributed by atoms with Crippen LogP contribution in [-0.2, 0) is 0 Å². The molecule has 0 aliphatic rings. The van der Waals surface area contributed by atoms with Gasteiger partial charge in [-0.05, 0) is 22.7 Å². The summed E-state index contributed by atoms with van der Waals surface area (Å²) < 4.78 is 0. The second-order valence-electron chi connectivity index (χ2n) is 8.12. The molecule has 0 amide bonds. The molecule has 0 aliphatic heterocycles. The minimum Gasteiger partial charge on any atom is -0.0683 e. The first-order valence-corrected chi connectivity index (χ1v) is 8.80. The summed E-state index contributed by atoms with van der Waals surface area (Å²) in [6.45, 7) is 30.9. The number of hydrogen-bond donors (Lipinski definition) is 0. The van der Waals surface area contributed by atoms with Crippen LogP contribution in [0.15, 0.2) is 0 Å². The third-order valence-corrected chi connectivity index (χ3v) is 3.65. The number of hydrogen-bond acceptors (Lipinski definition) is 0. The minimum atomic E-state index is 0.500. The average Bonchev–Trinajstić information content (AvgIpc) is 2.30. The predicted octanol–water partition coefficient (Wildman–Crippen LogP) is 8.21. The van der Waals surface area contributed by atoms with E-state index < -0.39 is 0 Å². The van der Waals surface area contributed by atoms with Gasteiger partial charge in [0.15, 0.2) is 0 Å². The van der Waals surface area contributed by atoms with E-state index in [0.717, 1.165) is 11.8 Å². The van der Waals surface area contributed by atoms with Gasteiger partial charge in [0.05, 0.1) is 0 Å². The summed E-state index contributed by atoms with van der Waals surface area (Å²) in [5.74, 6) is 1.63. The summed E-state index contributed by atoms with van der Waals surface area (Å²) in [5, 5.41) is 0. The molecule has 0 aromatic heterocycles. The highest BCUT2D eigenvalue weighted by atomic mass is 14.2. The van der Waals surface area contributed by atoms with Gasteiger partial charge >= 0.3 is 0 Å². The minimum absolute atomic E-state index is 0.500. The fourth-order valence-electron chi connectivity index (χ4n) is 0.250. The second-order valence-corrected chi connectivity index (χ2v) is 8.12. The molecule has 0 heterocycles. The molecule has 0 saturated carbocycles. The van der Waals surface area contributed by atoms with Crippen LogP contribution in [0.2, 0.25) is 0 Å². The molecule has 0 radical (unpaired) electrons. The van der Waals surface area contributed by atoms with E-state index in [1.807, 2.05) is 13.8 Å². The maximum Gasteiger partial charge on any atom is -0.0359 e. The van der Waals surface area contributed by atoms with Crippen molar-refractivity contribution in [2.45, 2.75) is 110 Å². The largest absolute Gasteiger partial charge is 0.0683 e. The quantitative estimate of drug-likeness (QED) is 0.480. The molecule has 0 N–H and O–H groups in total. The van der Waals surface area contributed by atoms with E-state index in [4.69, 9.17) is 0 Å². The van der Waals surface area contributed by atoms with Crippen molar-refractivity contribution in [2.75, 3.05) is 0 Å². The van der Waals surface area contributed by atoms with Gasteiger partial charge in [-0.1, -0.05) is 110 Å². The topological polar surface area (TPSA) is 0 Å². The Morgan fingerprint density at radius 2 is 0.800 bits per heavy atom. The van der Waals surface area contributed by atoms with Crippen molar-refractivity contribution in [2.24, 2.45) is 22.7 Å². The van der Waals surface area contributed by atoms with E-state index >= 15 is 0 Å². The molecule has 0 spiro atoms. The third-order valence-electron chi connectivity index (χ3n) is 3.65. The molecular weight excluding hydrogens is 240 g/mol. The van der Waals surface area contributed by atoms with Crippen molar-refractivity contribution in [1.29, 1.82) is 0 Å². The Labute approximate surface area is 133 Å². The molecule has 0 saturated heterocycles. The molecule has 0 aromatic rings. The van der Waals surface area contributed by atoms with E-state index in [9.17, 15) is 0 Å². The van der Waals surface area contributed by atoms with Gasteiger partial charge in [0.25, 0.3) is 0 Å². The highest BCUT2D eigenvalue weighted by molar-refractivity contribution is 4.64. The maximum atomic E-state index is 2.30. The first-order chi connectivity index (χ1) is 8.80. The fourth-order valence-corrected chi connectivity index (χ4v) is 0.250. The van der Waals surface area contributed by atoms with Crippen molar-refractivity contribution >= 4 is 0 Å². The van der Waals surface area contributed by atoms with E-state index in [2.05, 4.69) is 83.1 Å². The van der Waals surface area contributed by atoms with Crippen molar-refractivity contribution in [3.8, 4) is 0 Å².